The lowest BCUT2D eigenvalue weighted by Gasteiger charge is -2.11. The van der Waals surface area contributed by atoms with Crippen molar-refractivity contribution in [2.45, 2.75) is 17.9 Å². The van der Waals surface area contributed by atoms with Crippen LogP contribution in [-0.2, 0) is 14.8 Å². The van der Waals surface area contributed by atoms with Gasteiger partial charge in [0.2, 0.25) is 10.0 Å². The molecule has 1 atom stereocenters. The Balaban J connectivity index is 3.12. The average Bonchev–Trinajstić information content (AvgIpc) is 2.27. The van der Waals surface area contributed by atoms with Gasteiger partial charge in [-0.05, 0) is 19.1 Å². The Kier molecular flexibility index (Phi) is 4.71. The maximum atomic E-state index is 11.9. The average molecular weight is 338 g/mol. The van der Waals surface area contributed by atoms with Crippen molar-refractivity contribution in [3.63, 3.8) is 0 Å². The van der Waals surface area contributed by atoms with E-state index < -0.39 is 22.0 Å². The van der Waals surface area contributed by atoms with Crippen LogP contribution < -0.4 is 9.46 Å². The number of hydrogen-bond donors (Lipinski definition) is 2. The Morgan fingerprint density at radius 1 is 1.44 bits per heavy atom. The normalized spacial score (nSPS) is 13.1. The van der Waals surface area contributed by atoms with Crippen molar-refractivity contribution in [2.75, 3.05) is 7.11 Å². The van der Waals surface area contributed by atoms with Crippen molar-refractivity contribution in [3.05, 3.63) is 22.7 Å². The first kappa shape index (κ1) is 14.9. The first-order valence-corrected chi connectivity index (χ1v) is 7.13. The number of nitrogens with one attached hydrogen (secondary N) is 1. The second-order valence-electron chi connectivity index (χ2n) is 3.51. The van der Waals surface area contributed by atoms with E-state index in [-0.39, 0.29) is 4.90 Å². The third-order valence-corrected chi connectivity index (χ3v) is 4.07. The fraction of sp³-hybridized carbons (Fsp3) is 0.300. The summed E-state index contributed by atoms with van der Waals surface area (Å²) in [6, 6.07) is 3.06. The summed E-state index contributed by atoms with van der Waals surface area (Å²) >= 11 is 3.15. The Hall–Kier alpha value is -1.12. The number of carboxylic acids is 1. The van der Waals surface area contributed by atoms with Crippen LogP contribution in [0, 0.1) is 0 Å². The lowest BCUT2D eigenvalue weighted by atomic mass is 10.3. The largest absolute Gasteiger partial charge is 0.497 e. The van der Waals surface area contributed by atoms with Crippen molar-refractivity contribution in [1.29, 1.82) is 0 Å². The highest BCUT2D eigenvalue weighted by Crippen LogP contribution is 2.24. The van der Waals surface area contributed by atoms with Crippen LogP contribution in [0.3, 0.4) is 0 Å². The first-order valence-electron chi connectivity index (χ1n) is 4.86. The van der Waals surface area contributed by atoms with Crippen LogP contribution in [0.2, 0.25) is 0 Å². The predicted molar refractivity (Wildman–Crippen MR) is 68.1 cm³/mol. The molecule has 8 heteroatoms. The Morgan fingerprint density at radius 3 is 2.56 bits per heavy atom. The first-order chi connectivity index (χ1) is 8.26. The van der Waals surface area contributed by atoms with Gasteiger partial charge < -0.3 is 9.84 Å². The zero-order valence-electron chi connectivity index (χ0n) is 9.68. The predicted octanol–water partition coefficient (Wildman–Crippen LogP) is 1.21. The highest BCUT2D eigenvalue weighted by molar-refractivity contribution is 9.10. The minimum atomic E-state index is -3.90. The van der Waals surface area contributed by atoms with E-state index in [4.69, 9.17) is 9.84 Å². The van der Waals surface area contributed by atoms with Crippen LogP contribution in [0.25, 0.3) is 0 Å². The quantitative estimate of drug-likeness (QED) is 0.842. The minimum absolute atomic E-state index is 0.0678. The number of halogens is 1. The smallest absolute Gasteiger partial charge is 0.321 e. The van der Waals surface area contributed by atoms with E-state index in [1.165, 1.54) is 26.2 Å². The molecule has 0 aliphatic carbocycles. The molecule has 1 aromatic carbocycles. The summed E-state index contributed by atoms with van der Waals surface area (Å²) in [7, 11) is -2.49. The van der Waals surface area contributed by atoms with Crippen LogP contribution >= 0.6 is 15.9 Å². The van der Waals surface area contributed by atoms with Gasteiger partial charge in [0.15, 0.2) is 0 Å². The van der Waals surface area contributed by atoms with E-state index in [0.29, 0.717) is 10.2 Å². The van der Waals surface area contributed by atoms with Crippen molar-refractivity contribution in [1.82, 2.24) is 4.72 Å². The van der Waals surface area contributed by atoms with E-state index in [1.807, 2.05) is 4.72 Å². The summed E-state index contributed by atoms with van der Waals surface area (Å²) < 4.78 is 31.3. The Morgan fingerprint density at radius 2 is 2.06 bits per heavy atom. The SMILES string of the molecule is COc1cc(Br)cc(S(=O)(=O)NC(C)C(=O)O)c1. The molecule has 0 aliphatic heterocycles. The van der Waals surface area contributed by atoms with Gasteiger partial charge in [-0.25, -0.2) is 8.42 Å². The minimum Gasteiger partial charge on any atom is -0.497 e. The second-order valence-corrected chi connectivity index (χ2v) is 6.14. The van der Waals surface area contributed by atoms with Crippen LogP contribution in [-0.4, -0.2) is 32.6 Å². The third kappa shape index (κ3) is 3.69. The fourth-order valence-electron chi connectivity index (χ4n) is 1.16. The van der Waals surface area contributed by atoms with Gasteiger partial charge >= 0.3 is 5.97 Å². The monoisotopic (exact) mass is 337 g/mol. The molecule has 1 aromatic rings. The molecule has 0 heterocycles. The van der Waals surface area contributed by atoms with Gasteiger partial charge in [-0.15, -0.1) is 0 Å². The molecular formula is C10H12BrNO5S. The van der Waals surface area contributed by atoms with Crippen molar-refractivity contribution in [3.8, 4) is 5.75 Å². The summed E-state index contributed by atoms with van der Waals surface area (Å²) in [6.07, 6.45) is 0. The summed E-state index contributed by atoms with van der Waals surface area (Å²) in [6.45, 7) is 1.25. The Labute approximate surface area is 113 Å². The number of methoxy groups -OCH3 is 1. The number of sulfonamides is 1. The molecule has 1 rings (SSSR count). The topological polar surface area (TPSA) is 92.7 Å². The summed E-state index contributed by atoms with van der Waals surface area (Å²) in [5.41, 5.74) is 0. The van der Waals surface area contributed by atoms with E-state index in [0.717, 1.165) is 0 Å². The highest BCUT2D eigenvalue weighted by atomic mass is 79.9. The molecular weight excluding hydrogens is 326 g/mol. The molecule has 0 fully saturated rings. The lowest BCUT2D eigenvalue weighted by Crippen LogP contribution is -2.38. The van der Waals surface area contributed by atoms with E-state index in [9.17, 15) is 13.2 Å². The maximum Gasteiger partial charge on any atom is 0.321 e. The zero-order valence-corrected chi connectivity index (χ0v) is 12.1. The van der Waals surface area contributed by atoms with E-state index in [1.54, 1.807) is 6.07 Å². The molecule has 18 heavy (non-hydrogen) atoms. The molecule has 0 saturated carbocycles. The fourth-order valence-corrected chi connectivity index (χ4v) is 3.04. The van der Waals surface area contributed by atoms with Crippen molar-refractivity contribution in [2.24, 2.45) is 0 Å². The van der Waals surface area contributed by atoms with Gasteiger partial charge in [-0.3, -0.25) is 4.79 Å². The number of rotatable bonds is 5. The highest BCUT2D eigenvalue weighted by Gasteiger charge is 2.22. The molecule has 0 aromatic heterocycles. The van der Waals surface area contributed by atoms with Gasteiger partial charge in [-0.1, -0.05) is 15.9 Å². The van der Waals surface area contributed by atoms with E-state index in [2.05, 4.69) is 15.9 Å². The van der Waals surface area contributed by atoms with Gasteiger partial charge in [-0.2, -0.15) is 4.72 Å². The number of benzene rings is 1. The van der Waals surface area contributed by atoms with E-state index >= 15 is 0 Å². The summed E-state index contributed by atoms with van der Waals surface area (Å²) in [5, 5.41) is 8.69. The third-order valence-electron chi connectivity index (χ3n) is 2.09. The number of carbonyl (C=O) groups is 1. The Bertz CT molecular complexity index is 557. The molecule has 100 valence electrons. The number of aliphatic carboxylic acids is 1. The molecule has 0 bridgehead atoms. The molecule has 0 spiro atoms. The summed E-state index contributed by atoms with van der Waals surface area (Å²) in [4.78, 5) is 10.6. The van der Waals surface area contributed by atoms with Gasteiger partial charge in [0.05, 0.1) is 12.0 Å². The number of ether oxygens (including phenoxy) is 1. The molecule has 0 radical (unpaired) electrons. The summed E-state index contributed by atoms with van der Waals surface area (Å²) in [5.74, 6) is -0.895. The van der Waals surface area contributed by atoms with Gasteiger partial charge in [0, 0.05) is 10.5 Å². The lowest BCUT2D eigenvalue weighted by molar-refractivity contribution is -0.138. The second kappa shape index (κ2) is 5.68. The molecule has 6 nitrogen and oxygen atoms in total. The zero-order chi connectivity index (χ0) is 13.9. The standard InChI is InChI=1S/C10H12BrNO5S/c1-6(10(13)14)12-18(15,16)9-4-7(11)3-8(5-9)17-2/h3-6,12H,1-2H3,(H,13,14). The number of carboxylic acid groups (broad SMARTS) is 1. The molecule has 0 amide bonds. The van der Waals surface area contributed by atoms with Crippen LogP contribution in [0.15, 0.2) is 27.6 Å². The molecule has 0 saturated heterocycles. The maximum absolute atomic E-state index is 11.9. The van der Waals surface area contributed by atoms with Crippen LogP contribution in [0.5, 0.6) is 5.75 Å². The van der Waals surface area contributed by atoms with Crippen LogP contribution in [0.4, 0.5) is 0 Å². The molecule has 0 aliphatic rings. The van der Waals surface area contributed by atoms with Crippen molar-refractivity contribution >= 4 is 31.9 Å². The van der Waals surface area contributed by atoms with Crippen LogP contribution in [0.1, 0.15) is 6.92 Å². The molecule has 1 unspecified atom stereocenters. The van der Waals surface area contributed by atoms with Gasteiger partial charge in [0.25, 0.3) is 0 Å². The molecule has 2 N–H and O–H groups in total. The number of hydrogen-bond acceptors (Lipinski definition) is 4. The van der Waals surface area contributed by atoms with Gasteiger partial charge in [0.1, 0.15) is 11.8 Å². The van der Waals surface area contributed by atoms with Crippen molar-refractivity contribution < 1.29 is 23.1 Å².